The smallest absolute Gasteiger partial charge is 0.0448 e. The van der Waals surface area contributed by atoms with Gasteiger partial charge in [0.25, 0.3) is 0 Å². The van der Waals surface area contributed by atoms with E-state index < -0.39 is 0 Å². The average molecular weight is 331 g/mol. The highest BCUT2D eigenvalue weighted by atomic mass is 32.1. The Hall–Kier alpha value is -1.20. The van der Waals surface area contributed by atoms with Crippen LogP contribution in [0.1, 0.15) is 0 Å². The van der Waals surface area contributed by atoms with E-state index in [-0.39, 0.29) is 0 Å². The summed E-state index contributed by atoms with van der Waals surface area (Å²) in [5.41, 5.74) is 2.66. The van der Waals surface area contributed by atoms with E-state index in [0.717, 1.165) is 0 Å². The first kappa shape index (κ1) is 12.5. The van der Waals surface area contributed by atoms with Gasteiger partial charge in [0.1, 0.15) is 0 Å². The van der Waals surface area contributed by atoms with Crippen LogP contribution in [-0.4, -0.2) is 0 Å². The fraction of sp³-hybridized carbons (Fsp3) is 0. The Balaban J connectivity index is 1.68. The number of thiophene rings is 4. The third kappa shape index (κ3) is 2.29. The third-order valence-corrected chi connectivity index (χ3v) is 7.05. The predicted octanol–water partition coefficient (Wildman–Crippen LogP) is 6.93. The van der Waals surface area contributed by atoms with Crippen LogP contribution in [0.15, 0.2) is 57.9 Å². The van der Waals surface area contributed by atoms with E-state index >= 15 is 0 Å². The van der Waals surface area contributed by atoms with Crippen molar-refractivity contribution in [3.05, 3.63) is 57.9 Å². The molecular formula is C16H10S4. The van der Waals surface area contributed by atoms with E-state index in [2.05, 4.69) is 57.9 Å². The molecular weight excluding hydrogens is 320 g/mol. The Labute approximate surface area is 133 Å². The zero-order valence-electron chi connectivity index (χ0n) is 10.4. The van der Waals surface area contributed by atoms with Crippen molar-refractivity contribution < 1.29 is 0 Å². The molecule has 0 spiro atoms. The second kappa shape index (κ2) is 5.30. The van der Waals surface area contributed by atoms with Gasteiger partial charge in [-0.15, -0.1) is 45.3 Å². The van der Waals surface area contributed by atoms with Crippen molar-refractivity contribution in [2.45, 2.75) is 0 Å². The molecule has 0 bridgehead atoms. The van der Waals surface area contributed by atoms with Crippen molar-refractivity contribution in [1.29, 1.82) is 0 Å². The van der Waals surface area contributed by atoms with Crippen LogP contribution in [-0.2, 0) is 0 Å². The molecule has 98 valence electrons. The standard InChI is InChI=1S/C16H10S4/c1-3-13(17-5-1)15-7-11(9-19-15)12-8-16(20-10-12)14-4-2-6-18-14/h1-10H. The predicted molar refractivity (Wildman–Crippen MR) is 94.3 cm³/mol. The molecule has 0 saturated carbocycles. The van der Waals surface area contributed by atoms with E-state index in [0.29, 0.717) is 0 Å². The minimum atomic E-state index is 1.33. The molecule has 0 N–H and O–H groups in total. The van der Waals surface area contributed by atoms with E-state index in [9.17, 15) is 0 Å². The first-order chi connectivity index (χ1) is 9.90. The van der Waals surface area contributed by atoms with Crippen LogP contribution in [0.4, 0.5) is 0 Å². The van der Waals surface area contributed by atoms with Gasteiger partial charge in [-0.05, 0) is 56.9 Å². The van der Waals surface area contributed by atoms with Crippen molar-refractivity contribution in [3.8, 4) is 30.6 Å². The zero-order valence-corrected chi connectivity index (χ0v) is 13.7. The summed E-state index contributed by atoms with van der Waals surface area (Å²) in [7, 11) is 0. The fourth-order valence-electron chi connectivity index (χ4n) is 2.07. The summed E-state index contributed by atoms with van der Waals surface area (Å²) in [6, 6.07) is 13.2. The molecule has 0 nitrogen and oxygen atoms in total. The largest absolute Gasteiger partial charge is 0.143 e. The Morgan fingerprint density at radius 3 is 1.45 bits per heavy atom. The van der Waals surface area contributed by atoms with Crippen LogP contribution in [0.2, 0.25) is 0 Å². The van der Waals surface area contributed by atoms with E-state index in [1.165, 1.54) is 30.6 Å². The Bertz CT molecular complexity index is 730. The molecule has 4 aromatic rings. The topological polar surface area (TPSA) is 0 Å². The van der Waals surface area contributed by atoms with Crippen molar-refractivity contribution in [3.63, 3.8) is 0 Å². The summed E-state index contributed by atoms with van der Waals surface area (Å²) in [4.78, 5) is 5.43. The monoisotopic (exact) mass is 330 g/mol. The van der Waals surface area contributed by atoms with Gasteiger partial charge in [0.05, 0.1) is 0 Å². The van der Waals surface area contributed by atoms with Gasteiger partial charge >= 0.3 is 0 Å². The molecule has 0 saturated heterocycles. The van der Waals surface area contributed by atoms with E-state index in [1.54, 1.807) is 22.7 Å². The maximum atomic E-state index is 2.30. The summed E-state index contributed by atoms with van der Waals surface area (Å²) in [6.45, 7) is 0. The van der Waals surface area contributed by atoms with Crippen LogP contribution in [0.5, 0.6) is 0 Å². The number of rotatable bonds is 3. The third-order valence-electron chi connectivity index (χ3n) is 3.06. The van der Waals surface area contributed by atoms with Crippen molar-refractivity contribution in [2.24, 2.45) is 0 Å². The molecule has 0 aromatic carbocycles. The minimum absolute atomic E-state index is 1.33. The molecule has 4 rings (SSSR count). The van der Waals surface area contributed by atoms with E-state index in [1.807, 2.05) is 22.7 Å². The number of hydrogen-bond acceptors (Lipinski definition) is 4. The lowest BCUT2D eigenvalue weighted by Crippen LogP contribution is -1.66. The molecule has 0 radical (unpaired) electrons. The molecule has 0 fully saturated rings. The summed E-state index contributed by atoms with van der Waals surface area (Å²) in [5, 5.41) is 8.78. The van der Waals surface area contributed by atoms with Crippen molar-refractivity contribution in [1.82, 2.24) is 0 Å². The molecule has 0 unspecified atom stereocenters. The summed E-state index contributed by atoms with van der Waals surface area (Å²) >= 11 is 7.26. The fourth-order valence-corrected chi connectivity index (χ4v) is 5.59. The van der Waals surface area contributed by atoms with Crippen molar-refractivity contribution >= 4 is 45.3 Å². The van der Waals surface area contributed by atoms with Crippen LogP contribution in [0.25, 0.3) is 30.6 Å². The highest BCUT2D eigenvalue weighted by Gasteiger charge is 2.09. The Morgan fingerprint density at radius 1 is 0.550 bits per heavy atom. The van der Waals surface area contributed by atoms with Crippen LogP contribution in [0, 0.1) is 0 Å². The summed E-state index contributed by atoms with van der Waals surface area (Å²) < 4.78 is 0. The van der Waals surface area contributed by atoms with Gasteiger partial charge in [0, 0.05) is 19.5 Å². The van der Waals surface area contributed by atoms with E-state index in [4.69, 9.17) is 0 Å². The highest BCUT2D eigenvalue weighted by Crippen LogP contribution is 2.39. The first-order valence-electron chi connectivity index (χ1n) is 6.15. The van der Waals surface area contributed by atoms with Gasteiger partial charge < -0.3 is 0 Å². The SMILES string of the molecule is c1csc(-c2cc(-c3csc(-c4cccs4)c3)cs2)c1. The molecule has 0 aliphatic rings. The van der Waals surface area contributed by atoms with Crippen LogP contribution < -0.4 is 0 Å². The number of hydrogen-bond donors (Lipinski definition) is 0. The quantitative estimate of drug-likeness (QED) is 0.382. The van der Waals surface area contributed by atoms with Gasteiger partial charge in [0.2, 0.25) is 0 Å². The molecule has 0 amide bonds. The molecule has 4 aromatic heterocycles. The second-order valence-electron chi connectivity index (χ2n) is 4.35. The van der Waals surface area contributed by atoms with Gasteiger partial charge in [-0.1, -0.05) is 12.1 Å². The van der Waals surface area contributed by atoms with Gasteiger partial charge in [0.15, 0.2) is 0 Å². The molecule has 0 aliphatic carbocycles. The molecule has 0 aliphatic heterocycles. The lowest BCUT2D eigenvalue weighted by molar-refractivity contribution is 1.82. The van der Waals surface area contributed by atoms with Gasteiger partial charge in [-0.2, -0.15) is 0 Å². The first-order valence-corrected chi connectivity index (χ1v) is 9.67. The minimum Gasteiger partial charge on any atom is -0.143 e. The second-order valence-corrected chi connectivity index (χ2v) is 8.07. The maximum Gasteiger partial charge on any atom is 0.0448 e. The highest BCUT2D eigenvalue weighted by molar-refractivity contribution is 7.21. The Morgan fingerprint density at radius 2 is 1.05 bits per heavy atom. The lowest BCUT2D eigenvalue weighted by atomic mass is 10.1. The lowest BCUT2D eigenvalue weighted by Gasteiger charge is -1.91. The van der Waals surface area contributed by atoms with Gasteiger partial charge in [-0.3, -0.25) is 0 Å². The molecule has 4 heteroatoms. The van der Waals surface area contributed by atoms with Gasteiger partial charge in [-0.25, -0.2) is 0 Å². The molecule has 4 heterocycles. The maximum absolute atomic E-state index is 2.30. The average Bonchev–Trinajstić information content (AvgIpc) is 3.22. The van der Waals surface area contributed by atoms with Crippen LogP contribution >= 0.6 is 45.3 Å². The normalized spacial score (nSPS) is 11.0. The molecule has 0 atom stereocenters. The summed E-state index contributed by atoms with van der Waals surface area (Å²) in [6.07, 6.45) is 0. The zero-order chi connectivity index (χ0) is 13.4. The van der Waals surface area contributed by atoms with Crippen molar-refractivity contribution in [2.75, 3.05) is 0 Å². The molecule has 20 heavy (non-hydrogen) atoms. The summed E-state index contributed by atoms with van der Waals surface area (Å²) in [5.74, 6) is 0. The Kier molecular flexibility index (Phi) is 3.32. The van der Waals surface area contributed by atoms with Crippen LogP contribution in [0.3, 0.4) is 0 Å².